The summed E-state index contributed by atoms with van der Waals surface area (Å²) in [6.45, 7) is 6.74. The van der Waals surface area contributed by atoms with Crippen molar-refractivity contribution in [3.63, 3.8) is 0 Å². The van der Waals surface area contributed by atoms with Gasteiger partial charge in [0.05, 0.1) is 23.9 Å². The van der Waals surface area contributed by atoms with Crippen LogP contribution in [0.3, 0.4) is 0 Å². The van der Waals surface area contributed by atoms with E-state index < -0.39 is 11.7 Å². The zero-order valence-corrected chi connectivity index (χ0v) is 16.8. The van der Waals surface area contributed by atoms with Gasteiger partial charge in [-0.25, -0.2) is 0 Å². The summed E-state index contributed by atoms with van der Waals surface area (Å²) in [4.78, 5) is 2.60. The van der Waals surface area contributed by atoms with Crippen LogP contribution < -0.4 is 0 Å². The van der Waals surface area contributed by atoms with Crippen molar-refractivity contribution in [2.75, 3.05) is 20.2 Å². The van der Waals surface area contributed by atoms with Crippen LogP contribution in [0.2, 0.25) is 0 Å². The van der Waals surface area contributed by atoms with Gasteiger partial charge >= 0.3 is 0 Å². The minimum absolute atomic E-state index is 0.0657. The molecule has 1 aliphatic heterocycles. The van der Waals surface area contributed by atoms with Crippen LogP contribution in [-0.2, 0) is 4.74 Å². The quantitative estimate of drug-likeness (QED) is 0.676. The molecule has 0 amide bonds. The summed E-state index contributed by atoms with van der Waals surface area (Å²) in [6, 6.07) is 0.253. The highest BCUT2D eigenvalue weighted by atomic mass is 16.5. The fraction of sp³-hybridized carbons (Fsp3) is 1.00. The van der Waals surface area contributed by atoms with Crippen LogP contribution in [-0.4, -0.2) is 70.4 Å². The monoisotopic (exact) mass is 377 g/mol. The van der Waals surface area contributed by atoms with Crippen LogP contribution in [0.5, 0.6) is 0 Å². The predicted molar refractivity (Wildman–Crippen MR) is 99.9 cm³/mol. The van der Waals surface area contributed by atoms with E-state index in [4.69, 9.17) is 4.74 Å². The van der Waals surface area contributed by atoms with E-state index in [1.165, 1.54) is 0 Å². The minimum atomic E-state index is -0.858. The van der Waals surface area contributed by atoms with E-state index in [0.29, 0.717) is 12.3 Å². The molecule has 6 rings (SSSR count). The average Bonchev–Trinajstić information content (AvgIpc) is 3.07. The lowest BCUT2D eigenvalue weighted by atomic mass is 9.43. The summed E-state index contributed by atoms with van der Waals surface area (Å²) in [5, 5.41) is 34.9. The van der Waals surface area contributed by atoms with Gasteiger partial charge in [0.25, 0.3) is 0 Å². The first kappa shape index (κ1) is 17.6. The largest absolute Gasteiger partial charge is 0.392 e. The smallest absolute Gasteiger partial charge is 0.0771 e. The molecule has 0 aromatic heterocycles. The van der Waals surface area contributed by atoms with Crippen LogP contribution in [0.15, 0.2) is 0 Å². The summed E-state index contributed by atoms with van der Waals surface area (Å²) in [6.07, 6.45) is 3.66. The Hall–Kier alpha value is -0.200. The number of methoxy groups -OCH3 is 1. The first-order valence-corrected chi connectivity index (χ1v) is 11.2. The molecule has 0 aromatic carbocycles. The van der Waals surface area contributed by atoms with Gasteiger partial charge in [0.15, 0.2) is 0 Å². The number of hydrogen-bond donors (Lipinski definition) is 3. The third kappa shape index (κ3) is 1.66. The molecular formula is C22H35NO4. The fourth-order valence-electron chi connectivity index (χ4n) is 10.1. The Balaban J connectivity index is 1.59. The number of likely N-dealkylation sites (tertiary alicyclic amines) is 1. The topological polar surface area (TPSA) is 73.2 Å². The molecule has 5 heteroatoms. The fourth-order valence-corrected chi connectivity index (χ4v) is 10.1. The first-order chi connectivity index (χ1) is 12.8. The van der Waals surface area contributed by atoms with Crippen molar-refractivity contribution in [1.29, 1.82) is 0 Å². The lowest BCUT2D eigenvalue weighted by Crippen LogP contribution is -2.75. The van der Waals surface area contributed by atoms with Crippen molar-refractivity contribution < 1.29 is 20.1 Å². The Bertz CT molecular complexity index is 673. The SMILES string of the molecule is CCN1C[C@@]2(C)CC[C@H](O)[C@@]34[C@@H]5C[C@H]6[C@H](O)[C@@H]5[C@](O)(C[C@@H]6OC)[C@H](C[C@@H]23)[C@H]14. The Kier molecular flexibility index (Phi) is 3.33. The third-order valence-corrected chi connectivity index (χ3v) is 10.7. The number of piperidine rings is 1. The number of aliphatic hydroxyl groups is 3. The van der Waals surface area contributed by atoms with Crippen molar-refractivity contribution >= 4 is 0 Å². The molecule has 152 valence electrons. The molecule has 5 aliphatic carbocycles. The van der Waals surface area contributed by atoms with Crippen molar-refractivity contribution in [3.05, 3.63) is 0 Å². The van der Waals surface area contributed by atoms with Gasteiger partial charge in [0.2, 0.25) is 0 Å². The maximum Gasteiger partial charge on any atom is 0.0771 e. The molecule has 7 bridgehead atoms. The van der Waals surface area contributed by atoms with Crippen molar-refractivity contribution in [2.45, 2.75) is 75.9 Å². The van der Waals surface area contributed by atoms with Crippen LogP contribution in [0.4, 0.5) is 0 Å². The Labute approximate surface area is 162 Å². The van der Waals surface area contributed by atoms with Crippen molar-refractivity contribution in [3.8, 4) is 0 Å². The molecule has 6 fully saturated rings. The second kappa shape index (κ2) is 5.10. The molecule has 12 atom stereocenters. The zero-order chi connectivity index (χ0) is 18.9. The molecule has 0 radical (unpaired) electrons. The Morgan fingerprint density at radius 3 is 2.67 bits per heavy atom. The van der Waals surface area contributed by atoms with Crippen LogP contribution >= 0.6 is 0 Å². The maximum atomic E-state index is 12.1. The van der Waals surface area contributed by atoms with E-state index in [-0.39, 0.29) is 52.8 Å². The molecule has 6 aliphatic rings. The summed E-state index contributed by atoms with van der Waals surface area (Å²) in [7, 11) is 1.73. The van der Waals surface area contributed by atoms with Gasteiger partial charge < -0.3 is 20.1 Å². The van der Waals surface area contributed by atoms with Crippen LogP contribution in [0.1, 0.15) is 46.0 Å². The number of ether oxygens (including phenoxy) is 1. The summed E-state index contributed by atoms with van der Waals surface area (Å²) >= 11 is 0. The lowest BCUT2D eigenvalue weighted by molar-refractivity contribution is -0.266. The molecule has 0 aromatic rings. The van der Waals surface area contributed by atoms with Crippen molar-refractivity contribution in [2.24, 2.45) is 40.4 Å². The minimum Gasteiger partial charge on any atom is -0.392 e. The molecule has 1 saturated heterocycles. The van der Waals surface area contributed by atoms with E-state index >= 15 is 0 Å². The molecule has 0 unspecified atom stereocenters. The highest BCUT2D eigenvalue weighted by molar-refractivity contribution is 5.32. The molecule has 5 nitrogen and oxygen atoms in total. The van der Waals surface area contributed by atoms with Crippen LogP contribution in [0, 0.1) is 40.4 Å². The molecule has 27 heavy (non-hydrogen) atoms. The number of fused-ring (bicyclic) bond motifs is 2. The number of rotatable bonds is 2. The number of nitrogens with zero attached hydrogens (tertiary/aromatic N) is 1. The highest BCUT2D eigenvalue weighted by Gasteiger charge is 2.82. The van der Waals surface area contributed by atoms with E-state index in [1.54, 1.807) is 7.11 Å². The van der Waals surface area contributed by atoms with Gasteiger partial charge in [-0.3, -0.25) is 4.90 Å². The Morgan fingerprint density at radius 1 is 1.19 bits per heavy atom. The predicted octanol–water partition coefficient (Wildman–Crippen LogP) is 1.25. The highest BCUT2D eigenvalue weighted by Crippen LogP contribution is 2.78. The zero-order valence-electron chi connectivity index (χ0n) is 16.8. The number of aliphatic hydroxyl groups excluding tert-OH is 2. The van der Waals surface area contributed by atoms with Gasteiger partial charge in [-0.2, -0.15) is 0 Å². The van der Waals surface area contributed by atoms with E-state index in [0.717, 1.165) is 38.8 Å². The second-order valence-electron chi connectivity index (χ2n) is 11.1. The van der Waals surface area contributed by atoms with Gasteiger partial charge in [-0.1, -0.05) is 13.8 Å². The molecule has 3 N–H and O–H groups in total. The maximum absolute atomic E-state index is 12.1. The lowest BCUT2D eigenvalue weighted by Gasteiger charge is -2.68. The second-order valence-corrected chi connectivity index (χ2v) is 11.1. The van der Waals surface area contributed by atoms with Crippen LogP contribution in [0.25, 0.3) is 0 Å². The van der Waals surface area contributed by atoms with E-state index in [9.17, 15) is 15.3 Å². The summed E-state index contributed by atoms with van der Waals surface area (Å²) in [5.74, 6) is 0.840. The standard InChI is InChI=1S/C22H35NO4/c1-4-23-10-20(2)6-5-16(24)22-12-7-11-14(27-3)9-21(26,17(12)18(11)25)13(19(22)23)8-15(20)22/h11-19,24-26H,4-10H2,1-3H3/t11-,12-,13-,14+,15+,16+,17-,18+,19+,20-,21+,22-/m1/s1. The van der Waals surface area contributed by atoms with E-state index in [1.807, 2.05) is 0 Å². The molecule has 1 heterocycles. The summed E-state index contributed by atoms with van der Waals surface area (Å²) in [5.41, 5.74) is -0.788. The first-order valence-electron chi connectivity index (χ1n) is 11.2. The Morgan fingerprint density at radius 2 is 1.96 bits per heavy atom. The van der Waals surface area contributed by atoms with Gasteiger partial charge in [0, 0.05) is 49.3 Å². The third-order valence-electron chi connectivity index (χ3n) is 10.7. The number of hydrogen-bond acceptors (Lipinski definition) is 5. The van der Waals surface area contributed by atoms with Gasteiger partial charge in [0.1, 0.15) is 0 Å². The van der Waals surface area contributed by atoms with Crippen molar-refractivity contribution in [1.82, 2.24) is 4.90 Å². The average molecular weight is 378 g/mol. The van der Waals surface area contributed by atoms with E-state index in [2.05, 4.69) is 18.7 Å². The summed E-state index contributed by atoms with van der Waals surface area (Å²) < 4.78 is 5.79. The molecule has 5 saturated carbocycles. The van der Waals surface area contributed by atoms with Gasteiger partial charge in [-0.15, -0.1) is 0 Å². The van der Waals surface area contributed by atoms with Gasteiger partial charge in [-0.05, 0) is 49.5 Å². The molecule has 1 spiro atoms. The normalized spacial score (nSPS) is 66.2. The molecular weight excluding hydrogens is 342 g/mol.